The number of thioether (sulfide) groups is 1. The second kappa shape index (κ2) is 9.66. The molecule has 0 heterocycles. The lowest BCUT2D eigenvalue weighted by molar-refractivity contribution is 0.534. The maximum absolute atomic E-state index is 8.30. The van der Waals surface area contributed by atoms with Crippen molar-refractivity contribution in [1.29, 1.82) is 5.26 Å². The third-order valence-electron chi connectivity index (χ3n) is 2.02. The van der Waals surface area contributed by atoms with Crippen molar-refractivity contribution in [3.63, 3.8) is 0 Å². The number of nitrogens with zero attached hydrogens (tertiary/aromatic N) is 3. The van der Waals surface area contributed by atoms with E-state index >= 15 is 0 Å². The Balaban J connectivity index is 3.43. The van der Waals surface area contributed by atoms with E-state index < -0.39 is 0 Å². The van der Waals surface area contributed by atoms with Crippen LogP contribution in [0, 0.1) is 11.5 Å². The normalized spacial score (nSPS) is 11.1. The minimum absolute atomic E-state index is 0.298. The minimum Gasteiger partial charge on any atom is -0.369 e. The van der Waals surface area contributed by atoms with E-state index in [9.17, 15) is 0 Å². The molecule has 0 aromatic heterocycles. The van der Waals surface area contributed by atoms with E-state index in [0.29, 0.717) is 5.96 Å². The van der Waals surface area contributed by atoms with Gasteiger partial charge in [0.25, 0.3) is 0 Å². The Morgan fingerprint density at radius 3 is 2.80 bits per heavy atom. The van der Waals surface area contributed by atoms with Crippen molar-refractivity contribution >= 4 is 17.7 Å². The fourth-order valence-electron chi connectivity index (χ4n) is 1.01. The van der Waals surface area contributed by atoms with E-state index in [4.69, 9.17) is 11.0 Å². The van der Waals surface area contributed by atoms with Gasteiger partial charge in [-0.2, -0.15) is 17.0 Å². The largest absolute Gasteiger partial charge is 0.369 e. The Bertz CT molecular complexity index is 222. The molecule has 0 spiro atoms. The van der Waals surface area contributed by atoms with Gasteiger partial charge in [-0.3, -0.25) is 0 Å². The van der Waals surface area contributed by atoms with Crippen molar-refractivity contribution in [2.45, 2.75) is 26.2 Å². The van der Waals surface area contributed by atoms with E-state index in [1.54, 1.807) is 11.1 Å². The van der Waals surface area contributed by atoms with Crippen LogP contribution in [0.5, 0.6) is 0 Å². The molecular weight excluding hydrogens is 208 g/mol. The summed E-state index contributed by atoms with van der Waals surface area (Å²) >= 11 is 1.92. The highest BCUT2D eigenvalue weighted by Gasteiger charge is 2.00. The molecule has 0 saturated heterocycles. The standard InChI is InChI=1S/C10H20N4S/c1-3-4-5-7-15-8-6-14(2)10(12)13-9-11/h3-8H2,1-2H3,(H2,12,13). The Hall–Kier alpha value is -0.890. The third kappa shape index (κ3) is 8.13. The summed E-state index contributed by atoms with van der Waals surface area (Å²) in [7, 11) is 1.85. The maximum Gasteiger partial charge on any atom is 0.209 e. The lowest BCUT2D eigenvalue weighted by Crippen LogP contribution is -2.35. The third-order valence-corrected chi connectivity index (χ3v) is 3.07. The summed E-state index contributed by atoms with van der Waals surface area (Å²) in [6, 6.07) is 0. The first kappa shape index (κ1) is 14.1. The van der Waals surface area contributed by atoms with Gasteiger partial charge in [0.15, 0.2) is 0 Å². The molecule has 0 rings (SSSR count). The summed E-state index contributed by atoms with van der Waals surface area (Å²) in [5.74, 6) is 2.53. The number of nitrogens with two attached hydrogens (primary N) is 1. The van der Waals surface area contributed by atoms with Crippen molar-refractivity contribution in [2.75, 3.05) is 25.1 Å². The molecule has 15 heavy (non-hydrogen) atoms. The number of hydrogen-bond acceptors (Lipinski definition) is 3. The van der Waals surface area contributed by atoms with Crippen LogP contribution in [0.25, 0.3) is 0 Å². The zero-order chi connectivity index (χ0) is 11.5. The molecule has 0 aromatic carbocycles. The van der Waals surface area contributed by atoms with Gasteiger partial charge in [0.2, 0.25) is 12.2 Å². The summed E-state index contributed by atoms with van der Waals surface area (Å²) in [5.41, 5.74) is 5.53. The van der Waals surface area contributed by atoms with Crippen molar-refractivity contribution in [1.82, 2.24) is 4.90 Å². The molecule has 0 atom stereocenters. The summed E-state index contributed by atoms with van der Waals surface area (Å²) in [6.07, 6.45) is 5.54. The topological polar surface area (TPSA) is 65.4 Å². The Kier molecular flexibility index (Phi) is 9.08. The zero-order valence-corrected chi connectivity index (χ0v) is 10.4. The van der Waals surface area contributed by atoms with Gasteiger partial charge in [-0.15, -0.1) is 4.99 Å². The van der Waals surface area contributed by atoms with Crippen LogP contribution < -0.4 is 5.73 Å². The molecule has 0 unspecified atom stereocenters. The number of hydrogen-bond donors (Lipinski definition) is 1. The highest BCUT2D eigenvalue weighted by atomic mass is 32.2. The molecule has 4 nitrogen and oxygen atoms in total. The van der Waals surface area contributed by atoms with E-state index in [2.05, 4.69) is 11.9 Å². The van der Waals surface area contributed by atoms with E-state index in [0.717, 1.165) is 12.3 Å². The molecule has 0 radical (unpaired) electrons. The van der Waals surface area contributed by atoms with Crippen LogP contribution in [0.15, 0.2) is 4.99 Å². The zero-order valence-electron chi connectivity index (χ0n) is 9.57. The van der Waals surface area contributed by atoms with Gasteiger partial charge < -0.3 is 10.6 Å². The van der Waals surface area contributed by atoms with Crippen LogP contribution in [0.2, 0.25) is 0 Å². The first-order valence-electron chi connectivity index (χ1n) is 5.23. The molecular formula is C10H20N4S. The van der Waals surface area contributed by atoms with Crippen molar-refractivity contribution < 1.29 is 0 Å². The van der Waals surface area contributed by atoms with Crippen molar-refractivity contribution in [3.05, 3.63) is 0 Å². The number of aliphatic imine (C=N–C) groups is 1. The number of guanidine groups is 1. The Labute approximate surface area is 96.5 Å². The minimum atomic E-state index is 0.298. The van der Waals surface area contributed by atoms with E-state index in [-0.39, 0.29) is 0 Å². The number of unbranched alkanes of at least 4 members (excludes halogenated alkanes) is 2. The Morgan fingerprint density at radius 2 is 2.20 bits per heavy atom. The molecule has 0 fully saturated rings. The summed E-state index contributed by atoms with van der Waals surface area (Å²) in [4.78, 5) is 5.27. The average Bonchev–Trinajstić information content (AvgIpc) is 2.23. The maximum atomic E-state index is 8.30. The SMILES string of the molecule is CCCCCSCCN(C)C(N)=NC#N. The summed E-state index contributed by atoms with van der Waals surface area (Å²) in [5, 5.41) is 8.30. The van der Waals surface area contributed by atoms with Crippen LogP contribution in [0.1, 0.15) is 26.2 Å². The van der Waals surface area contributed by atoms with Crippen LogP contribution in [0.4, 0.5) is 0 Å². The van der Waals surface area contributed by atoms with Crippen LogP contribution in [0.3, 0.4) is 0 Å². The van der Waals surface area contributed by atoms with Gasteiger partial charge in [0.05, 0.1) is 0 Å². The van der Waals surface area contributed by atoms with Crippen molar-refractivity contribution in [2.24, 2.45) is 10.7 Å². The summed E-state index contributed by atoms with van der Waals surface area (Å²) in [6.45, 7) is 3.05. The smallest absolute Gasteiger partial charge is 0.209 e. The molecule has 5 heteroatoms. The van der Waals surface area contributed by atoms with E-state index in [1.165, 1.54) is 25.0 Å². The number of rotatable bonds is 7. The van der Waals surface area contributed by atoms with Crippen LogP contribution >= 0.6 is 11.8 Å². The van der Waals surface area contributed by atoms with Gasteiger partial charge in [0.1, 0.15) is 0 Å². The molecule has 0 amide bonds. The number of nitriles is 1. The second-order valence-electron chi connectivity index (χ2n) is 3.31. The quantitative estimate of drug-likeness (QED) is 0.311. The van der Waals surface area contributed by atoms with Gasteiger partial charge in [0, 0.05) is 19.3 Å². The molecule has 0 aromatic rings. The van der Waals surface area contributed by atoms with Gasteiger partial charge >= 0.3 is 0 Å². The van der Waals surface area contributed by atoms with E-state index in [1.807, 2.05) is 18.8 Å². The van der Waals surface area contributed by atoms with Crippen molar-refractivity contribution in [3.8, 4) is 6.19 Å². The highest BCUT2D eigenvalue weighted by molar-refractivity contribution is 7.99. The summed E-state index contributed by atoms with van der Waals surface area (Å²) < 4.78 is 0. The van der Waals surface area contributed by atoms with Crippen LogP contribution in [-0.2, 0) is 0 Å². The predicted octanol–water partition coefficient (Wildman–Crippen LogP) is 1.64. The lowest BCUT2D eigenvalue weighted by atomic mass is 10.3. The van der Waals surface area contributed by atoms with Crippen LogP contribution in [-0.4, -0.2) is 36.0 Å². The monoisotopic (exact) mass is 228 g/mol. The fraction of sp³-hybridized carbons (Fsp3) is 0.800. The van der Waals surface area contributed by atoms with Gasteiger partial charge in [-0.25, -0.2) is 0 Å². The molecule has 2 N–H and O–H groups in total. The molecule has 0 saturated carbocycles. The highest BCUT2D eigenvalue weighted by Crippen LogP contribution is 2.05. The van der Waals surface area contributed by atoms with Gasteiger partial charge in [-0.1, -0.05) is 19.8 Å². The fourth-order valence-corrected chi connectivity index (χ4v) is 2.02. The molecule has 86 valence electrons. The van der Waals surface area contributed by atoms with Gasteiger partial charge in [-0.05, 0) is 12.2 Å². The molecule has 0 aliphatic heterocycles. The lowest BCUT2D eigenvalue weighted by Gasteiger charge is -2.16. The molecule has 0 aliphatic carbocycles. The second-order valence-corrected chi connectivity index (χ2v) is 4.54. The average molecular weight is 228 g/mol. The predicted molar refractivity (Wildman–Crippen MR) is 66.7 cm³/mol. The molecule has 0 bridgehead atoms. The first-order chi connectivity index (χ1) is 7.22. The first-order valence-corrected chi connectivity index (χ1v) is 6.39. The Morgan fingerprint density at radius 1 is 1.47 bits per heavy atom. The molecule has 0 aliphatic rings.